The summed E-state index contributed by atoms with van der Waals surface area (Å²) in [6.45, 7) is 4.55. The summed E-state index contributed by atoms with van der Waals surface area (Å²) in [6.07, 6.45) is 1.79. The lowest BCUT2D eigenvalue weighted by Crippen LogP contribution is -2.38. The van der Waals surface area contributed by atoms with E-state index < -0.39 is 23.8 Å². The molecule has 0 unspecified atom stereocenters. The summed E-state index contributed by atoms with van der Waals surface area (Å²) in [5, 5.41) is 2.68. The zero-order valence-electron chi connectivity index (χ0n) is 13.0. The Morgan fingerprint density at radius 1 is 1.23 bits per heavy atom. The van der Waals surface area contributed by atoms with Crippen LogP contribution in [0, 0.1) is 5.92 Å². The maximum Gasteiger partial charge on any atom is 0.243 e. The van der Waals surface area contributed by atoms with Crippen LogP contribution in [0.1, 0.15) is 32.3 Å². The van der Waals surface area contributed by atoms with Gasteiger partial charge in [-0.25, -0.2) is 0 Å². The Labute approximate surface area is 130 Å². The van der Waals surface area contributed by atoms with Gasteiger partial charge in [-0.3, -0.25) is 14.4 Å². The van der Waals surface area contributed by atoms with Crippen molar-refractivity contribution in [3.8, 4) is 0 Å². The topological polar surface area (TPSA) is 66.5 Å². The second-order valence-corrected chi connectivity index (χ2v) is 5.61. The van der Waals surface area contributed by atoms with E-state index in [9.17, 15) is 14.4 Å². The number of hydrogen-bond acceptors (Lipinski definition) is 3. The molecule has 1 N–H and O–H groups in total. The number of nitrogens with zero attached hydrogens (tertiary/aromatic N) is 1. The minimum Gasteiger partial charge on any atom is -0.355 e. The second-order valence-electron chi connectivity index (χ2n) is 5.61. The summed E-state index contributed by atoms with van der Waals surface area (Å²) in [6, 6.07) is 8.91. The maximum absolute atomic E-state index is 12.4. The number of likely N-dealkylation sites (tertiary alicyclic amines) is 1. The van der Waals surface area contributed by atoms with E-state index in [0.29, 0.717) is 13.1 Å². The summed E-state index contributed by atoms with van der Waals surface area (Å²) in [4.78, 5) is 38.3. The molecular weight excluding hydrogens is 280 g/mol. The Balaban J connectivity index is 2.07. The van der Waals surface area contributed by atoms with Gasteiger partial charge >= 0.3 is 0 Å². The molecule has 2 rings (SSSR count). The van der Waals surface area contributed by atoms with Crippen molar-refractivity contribution in [1.82, 2.24) is 10.2 Å². The van der Waals surface area contributed by atoms with Gasteiger partial charge in [0.2, 0.25) is 11.8 Å². The summed E-state index contributed by atoms with van der Waals surface area (Å²) < 4.78 is 0. The third-order valence-electron chi connectivity index (χ3n) is 3.98. The second kappa shape index (κ2) is 7.20. The molecule has 1 saturated heterocycles. The van der Waals surface area contributed by atoms with Gasteiger partial charge in [-0.2, -0.15) is 0 Å². The molecule has 5 nitrogen and oxygen atoms in total. The molecule has 0 bridgehead atoms. The number of carbonyl (C=O) groups excluding carboxylic acids is 3. The monoisotopic (exact) mass is 302 g/mol. The molecule has 2 atom stereocenters. The van der Waals surface area contributed by atoms with Crippen molar-refractivity contribution in [1.29, 1.82) is 0 Å². The van der Waals surface area contributed by atoms with Crippen molar-refractivity contribution in [2.45, 2.75) is 39.3 Å². The summed E-state index contributed by atoms with van der Waals surface area (Å²) in [7, 11) is 0. The number of benzene rings is 1. The maximum atomic E-state index is 12.4. The van der Waals surface area contributed by atoms with Crippen LogP contribution < -0.4 is 5.32 Å². The molecular formula is C17H22N2O3. The Hall–Kier alpha value is -2.17. The van der Waals surface area contributed by atoms with Crippen LogP contribution in [0.2, 0.25) is 0 Å². The number of ketones is 1. The fraction of sp³-hybridized carbons (Fsp3) is 0.471. The number of amides is 2. The highest BCUT2D eigenvalue weighted by Crippen LogP contribution is 2.23. The predicted molar refractivity (Wildman–Crippen MR) is 82.9 cm³/mol. The quantitative estimate of drug-likeness (QED) is 0.640. The van der Waals surface area contributed by atoms with Gasteiger partial charge in [-0.15, -0.1) is 0 Å². The Kier molecular flexibility index (Phi) is 5.31. The van der Waals surface area contributed by atoms with E-state index in [4.69, 9.17) is 0 Å². The predicted octanol–water partition coefficient (Wildman–Crippen LogP) is 1.52. The lowest BCUT2D eigenvalue weighted by atomic mass is 10.0. The van der Waals surface area contributed by atoms with E-state index in [1.54, 1.807) is 6.92 Å². The number of hydrogen-bond donors (Lipinski definition) is 1. The van der Waals surface area contributed by atoms with Crippen LogP contribution in [-0.2, 0) is 20.9 Å². The first-order chi connectivity index (χ1) is 10.6. The SMILES string of the molecule is CCCCNC(=O)[C@H]1C(=O)[C@@H](C)N(Cc2ccccc2)C1=O. The fourth-order valence-electron chi connectivity index (χ4n) is 2.60. The highest BCUT2D eigenvalue weighted by molar-refractivity contribution is 6.23. The number of rotatable bonds is 6. The van der Waals surface area contributed by atoms with Crippen LogP contribution in [0.25, 0.3) is 0 Å². The van der Waals surface area contributed by atoms with Gasteiger partial charge in [0.15, 0.2) is 11.7 Å². The van der Waals surface area contributed by atoms with Crippen molar-refractivity contribution in [3.63, 3.8) is 0 Å². The lowest BCUT2D eigenvalue weighted by molar-refractivity contribution is -0.140. The van der Waals surface area contributed by atoms with Crippen LogP contribution >= 0.6 is 0 Å². The zero-order valence-corrected chi connectivity index (χ0v) is 13.0. The van der Waals surface area contributed by atoms with Gasteiger partial charge in [-0.1, -0.05) is 43.7 Å². The van der Waals surface area contributed by atoms with E-state index in [2.05, 4.69) is 5.32 Å². The van der Waals surface area contributed by atoms with Gasteiger partial charge in [0.05, 0.1) is 6.04 Å². The van der Waals surface area contributed by atoms with Crippen LogP contribution in [0.3, 0.4) is 0 Å². The van der Waals surface area contributed by atoms with Crippen molar-refractivity contribution in [2.24, 2.45) is 5.92 Å². The Morgan fingerprint density at radius 3 is 2.55 bits per heavy atom. The van der Waals surface area contributed by atoms with Crippen molar-refractivity contribution in [3.05, 3.63) is 35.9 Å². The highest BCUT2D eigenvalue weighted by Gasteiger charge is 2.48. The Bertz CT molecular complexity index is 556. The minimum absolute atomic E-state index is 0.310. The lowest BCUT2D eigenvalue weighted by Gasteiger charge is -2.20. The van der Waals surface area contributed by atoms with E-state index >= 15 is 0 Å². The fourth-order valence-corrected chi connectivity index (χ4v) is 2.60. The molecule has 5 heteroatoms. The van der Waals surface area contributed by atoms with Crippen molar-refractivity contribution >= 4 is 17.6 Å². The molecule has 1 fully saturated rings. The van der Waals surface area contributed by atoms with Gasteiger partial charge in [0.1, 0.15) is 0 Å². The van der Waals surface area contributed by atoms with Crippen molar-refractivity contribution < 1.29 is 14.4 Å². The summed E-state index contributed by atoms with van der Waals surface area (Å²) >= 11 is 0. The molecule has 0 saturated carbocycles. The van der Waals surface area contributed by atoms with Gasteiger partial charge in [0.25, 0.3) is 0 Å². The van der Waals surface area contributed by atoms with E-state index in [0.717, 1.165) is 18.4 Å². The largest absolute Gasteiger partial charge is 0.355 e. The third-order valence-corrected chi connectivity index (χ3v) is 3.98. The van der Waals surface area contributed by atoms with Gasteiger partial charge in [-0.05, 0) is 18.9 Å². The number of nitrogens with one attached hydrogen (secondary N) is 1. The number of unbranched alkanes of at least 4 members (excludes halogenated alkanes) is 1. The molecule has 1 aromatic rings. The van der Waals surface area contributed by atoms with Gasteiger partial charge in [0, 0.05) is 13.1 Å². The number of Topliss-reactive ketones (excluding diaryl/α,β-unsaturated/α-hetero) is 1. The van der Waals surface area contributed by atoms with Crippen LogP contribution in [0.4, 0.5) is 0 Å². The molecule has 0 radical (unpaired) electrons. The Morgan fingerprint density at radius 2 is 1.91 bits per heavy atom. The van der Waals surface area contributed by atoms with Crippen LogP contribution in [0.15, 0.2) is 30.3 Å². The van der Waals surface area contributed by atoms with Crippen molar-refractivity contribution in [2.75, 3.05) is 6.54 Å². The third kappa shape index (κ3) is 3.35. The molecule has 1 aliphatic rings. The molecule has 2 amide bonds. The van der Waals surface area contributed by atoms with Crippen LogP contribution in [-0.4, -0.2) is 35.1 Å². The molecule has 0 aromatic heterocycles. The molecule has 22 heavy (non-hydrogen) atoms. The summed E-state index contributed by atoms with van der Waals surface area (Å²) in [5.41, 5.74) is 0.947. The van der Waals surface area contributed by atoms with Gasteiger partial charge < -0.3 is 10.2 Å². The van der Waals surface area contributed by atoms with E-state index in [-0.39, 0.29) is 5.78 Å². The average Bonchev–Trinajstić information content (AvgIpc) is 2.72. The minimum atomic E-state index is -1.18. The normalized spacial score (nSPS) is 21.3. The molecule has 118 valence electrons. The molecule has 1 heterocycles. The van der Waals surface area contributed by atoms with E-state index in [1.807, 2.05) is 37.3 Å². The first-order valence-corrected chi connectivity index (χ1v) is 7.72. The number of carbonyl (C=O) groups is 3. The molecule has 1 aliphatic heterocycles. The standard InChI is InChI=1S/C17H22N2O3/c1-3-4-10-18-16(21)14-15(20)12(2)19(17(14)22)11-13-8-6-5-7-9-13/h5-9,12,14H,3-4,10-11H2,1-2H3,(H,18,21)/t12-,14-/m1/s1. The summed E-state index contributed by atoms with van der Waals surface area (Å²) in [5.74, 6) is -2.35. The molecule has 0 spiro atoms. The zero-order chi connectivity index (χ0) is 16.1. The molecule has 1 aromatic carbocycles. The van der Waals surface area contributed by atoms with E-state index in [1.165, 1.54) is 4.90 Å². The average molecular weight is 302 g/mol. The first-order valence-electron chi connectivity index (χ1n) is 7.72. The smallest absolute Gasteiger partial charge is 0.243 e. The first kappa shape index (κ1) is 16.2. The van der Waals surface area contributed by atoms with Crippen LogP contribution in [0.5, 0.6) is 0 Å². The highest BCUT2D eigenvalue weighted by atomic mass is 16.2. The molecule has 0 aliphatic carbocycles.